The van der Waals surface area contributed by atoms with E-state index in [4.69, 9.17) is 0 Å². The molecule has 0 unspecified atom stereocenters. The first-order valence-corrected chi connectivity index (χ1v) is 22.1. The Hall–Kier alpha value is -5.67. The average molecular weight is 849 g/mol. The van der Waals surface area contributed by atoms with E-state index in [1.807, 2.05) is 80.6 Å². The number of aromatic hydroxyl groups is 1. The second kappa shape index (κ2) is 18.9. The lowest BCUT2D eigenvalue weighted by molar-refractivity contribution is -0.144. The van der Waals surface area contributed by atoms with E-state index in [0.29, 0.717) is 42.8 Å². The number of amides is 4. The van der Waals surface area contributed by atoms with Crippen LogP contribution in [0.2, 0.25) is 0 Å². The topological polar surface area (TPSA) is 194 Å². The number of carbonyl (C=O) groups excluding carboxylic acids is 4. The van der Waals surface area contributed by atoms with Crippen LogP contribution >= 0.6 is 11.3 Å². The van der Waals surface area contributed by atoms with Crippen molar-refractivity contribution < 1.29 is 29.4 Å². The normalized spacial score (nSPS) is 17.3. The van der Waals surface area contributed by atoms with Gasteiger partial charge in [-0.3, -0.25) is 19.2 Å². The van der Waals surface area contributed by atoms with Crippen LogP contribution in [0.5, 0.6) is 5.75 Å². The third-order valence-electron chi connectivity index (χ3n) is 11.8. The Bertz CT molecular complexity index is 2350. The van der Waals surface area contributed by atoms with Crippen LogP contribution in [0.3, 0.4) is 0 Å². The van der Waals surface area contributed by atoms with Crippen molar-refractivity contribution in [2.75, 3.05) is 19.6 Å². The van der Waals surface area contributed by atoms with Crippen molar-refractivity contribution in [3.63, 3.8) is 0 Å². The fourth-order valence-electron chi connectivity index (χ4n) is 8.14. The van der Waals surface area contributed by atoms with Crippen LogP contribution in [0.25, 0.3) is 32.7 Å². The summed E-state index contributed by atoms with van der Waals surface area (Å²) >= 11 is 1.58. The molecule has 0 bridgehead atoms. The lowest BCUT2D eigenvalue weighted by Crippen LogP contribution is -2.57. The van der Waals surface area contributed by atoms with E-state index in [1.54, 1.807) is 29.5 Å². The van der Waals surface area contributed by atoms with Crippen LogP contribution in [0.1, 0.15) is 95.0 Å². The average Bonchev–Trinajstić information content (AvgIpc) is 3.95. The van der Waals surface area contributed by atoms with Crippen molar-refractivity contribution in [2.45, 2.75) is 110 Å². The van der Waals surface area contributed by atoms with E-state index >= 15 is 0 Å². The molecule has 0 spiro atoms. The van der Waals surface area contributed by atoms with Gasteiger partial charge in [-0.05, 0) is 60.6 Å². The summed E-state index contributed by atoms with van der Waals surface area (Å²) in [7, 11) is 0. The Labute approximate surface area is 360 Å². The molecule has 5 N–H and O–H groups in total. The molecule has 0 aliphatic carbocycles. The number of phenols is 1. The molecule has 61 heavy (non-hydrogen) atoms. The number of likely N-dealkylation sites (tertiary alicyclic amines) is 2. The molecule has 0 saturated carbocycles. The largest absolute Gasteiger partial charge is 0.507 e. The second-order valence-electron chi connectivity index (χ2n) is 17.5. The number of carbonyl (C=O) groups is 4. The van der Waals surface area contributed by atoms with Crippen LogP contribution < -0.4 is 10.6 Å². The van der Waals surface area contributed by atoms with Gasteiger partial charge in [0.1, 0.15) is 17.8 Å². The highest BCUT2D eigenvalue weighted by atomic mass is 32.1. The summed E-state index contributed by atoms with van der Waals surface area (Å²) in [6.07, 6.45) is 4.05. The zero-order valence-electron chi connectivity index (χ0n) is 35.3. The Balaban J connectivity index is 0.799. The summed E-state index contributed by atoms with van der Waals surface area (Å²) in [6, 6.07) is 17.2. The van der Waals surface area contributed by atoms with Gasteiger partial charge < -0.3 is 35.6 Å². The van der Waals surface area contributed by atoms with Crippen molar-refractivity contribution in [2.24, 2.45) is 5.41 Å². The van der Waals surface area contributed by atoms with Gasteiger partial charge in [0.15, 0.2) is 5.65 Å². The number of nitrogens with one attached hydrogen (secondary N) is 3. The quantitative estimate of drug-likeness (QED) is 0.0717. The first kappa shape index (κ1) is 43.4. The van der Waals surface area contributed by atoms with Gasteiger partial charge in [0.2, 0.25) is 23.6 Å². The molecule has 2 fully saturated rings. The Morgan fingerprint density at radius 2 is 1.66 bits per heavy atom. The highest BCUT2D eigenvalue weighted by molar-refractivity contribution is 7.13. The number of phenolic OH excluding ortho intramolecular Hbond substituents is 1. The van der Waals surface area contributed by atoms with Gasteiger partial charge in [-0.2, -0.15) is 0 Å². The summed E-state index contributed by atoms with van der Waals surface area (Å²) in [5, 5.41) is 36.2. The molecule has 2 aromatic carbocycles. The van der Waals surface area contributed by atoms with E-state index in [0.717, 1.165) is 58.5 Å². The smallest absolute Gasteiger partial charge is 0.246 e. The van der Waals surface area contributed by atoms with Crippen molar-refractivity contribution in [1.82, 2.24) is 40.6 Å². The molecule has 7 rings (SSSR count). The summed E-state index contributed by atoms with van der Waals surface area (Å²) < 4.78 is 0. The lowest BCUT2D eigenvalue weighted by atomic mass is 9.85. The lowest BCUT2D eigenvalue weighted by Gasteiger charge is -2.39. The standard InChI is InChI=1S/C46H56N8O6S/c1-28-41(61-27-48-28)30-18-16-29(17-19-30)23-47-44(59)37-22-33(55)26-54(37)45(60)42(46(2,3)4)50-39(57)14-8-6-5-7-9-15-40(58)53-24-32(25-53)35-20-31-21-36(51-52-43(31)49-35)34-12-10-11-13-38(34)56/h10-13,16-21,27,32-33,37,42,55-56H,5-9,14-15,22-26H2,1-4H3,(H,47,59)(H,49,52)(H,50,57)/t33-,37+,42-/m1/s1. The van der Waals surface area contributed by atoms with E-state index < -0.39 is 23.6 Å². The van der Waals surface area contributed by atoms with E-state index in [-0.39, 0.29) is 61.2 Å². The SMILES string of the molecule is Cc1ncsc1-c1ccc(CNC(=O)[C@@H]2C[C@@H](O)CN2C(=O)[C@@H](NC(=O)CCCCCCCC(=O)N2CC(c3cc4cc(-c5ccccc5O)nnc4[nH]3)C2)C(C)(C)C)cc1. The van der Waals surface area contributed by atoms with Crippen LogP contribution in [0.15, 0.2) is 66.2 Å². The molecule has 5 aromatic rings. The number of fused-ring (bicyclic) bond motifs is 1. The number of benzene rings is 2. The monoisotopic (exact) mass is 848 g/mol. The Kier molecular flexibility index (Phi) is 13.5. The predicted octanol–water partition coefficient (Wildman–Crippen LogP) is 6.23. The van der Waals surface area contributed by atoms with Crippen molar-refractivity contribution in [3.05, 3.63) is 83.1 Å². The highest BCUT2D eigenvalue weighted by Crippen LogP contribution is 2.33. The molecular weight excluding hydrogens is 793 g/mol. The number of aryl methyl sites for hydroxylation is 1. The summed E-state index contributed by atoms with van der Waals surface area (Å²) in [5.41, 5.74) is 7.04. The molecule has 3 aromatic heterocycles. The van der Waals surface area contributed by atoms with Gasteiger partial charge >= 0.3 is 0 Å². The molecule has 5 heterocycles. The number of aromatic nitrogens is 4. The molecule has 322 valence electrons. The number of unbranched alkanes of at least 4 members (excludes halogenated alkanes) is 4. The third-order valence-corrected chi connectivity index (χ3v) is 12.7. The molecule has 2 aliphatic heterocycles. The summed E-state index contributed by atoms with van der Waals surface area (Å²) in [6.45, 7) is 9.20. The van der Waals surface area contributed by atoms with Crippen LogP contribution in [-0.4, -0.2) is 102 Å². The van der Waals surface area contributed by atoms with Crippen LogP contribution in [0, 0.1) is 12.3 Å². The van der Waals surface area contributed by atoms with Gasteiger partial charge in [-0.25, -0.2) is 4.98 Å². The maximum absolute atomic E-state index is 14.0. The minimum Gasteiger partial charge on any atom is -0.507 e. The second-order valence-corrected chi connectivity index (χ2v) is 18.3. The van der Waals surface area contributed by atoms with Gasteiger partial charge in [0.05, 0.1) is 27.9 Å². The Morgan fingerprint density at radius 3 is 2.36 bits per heavy atom. The molecule has 14 nitrogen and oxygen atoms in total. The fourth-order valence-corrected chi connectivity index (χ4v) is 8.95. The first-order valence-electron chi connectivity index (χ1n) is 21.2. The van der Waals surface area contributed by atoms with E-state index in [2.05, 4.69) is 30.8 Å². The number of hydrogen-bond acceptors (Lipinski definition) is 10. The van der Waals surface area contributed by atoms with Gasteiger partial charge in [0.25, 0.3) is 0 Å². The van der Waals surface area contributed by atoms with E-state index in [9.17, 15) is 29.4 Å². The van der Waals surface area contributed by atoms with Gasteiger partial charge in [-0.1, -0.05) is 76.4 Å². The van der Waals surface area contributed by atoms with E-state index in [1.165, 1.54) is 4.90 Å². The number of aliphatic hydroxyl groups is 1. The van der Waals surface area contributed by atoms with Crippen molar-refractivity contribution in [3.8, 4) is 27.4 Å². The number of H-pyrrole nitrogens is 1. The first-order chi connectivity index (χ1) is 29.2. The van der Waals surface area contributed by atoms with Crippen LogP contribution in [0.4, 0.5) is 0 Å². The Morgan fingerprint density at radius 1 is 0.934 bits per heavy atom. The number of para-hydroxylation sites is 1. The summed E-state index contributed by atoms with van der Waals surface area (Å²) in [5.74, 6) is -0.455. The number of aromatic amines is 1. The highest BCUT2D eigenvalue weighted by Gasteiger charge is 2.44. The fraction of sp³-hybridized carbons (Fsp3) is 0.457. The molecule has 0 radical (unpaired) electrons. The minimum atomic E-state index is -0.872. The maximum Gasteiger partial charge on any atom is 0.246 e. The van der Waals surface area contributed by atoms with Crippen LogP contribution in [-0.2, 0) is 25.7 Å². The summed E-state index contributed by atoms with van der Waals surface area (Å²) in [4.78, 5) is 65.5. The molecular formula is C46H56N8O6S. The number of nitrogens with zero attached hydrogens (tertiary/aromatic N) is 5. The molecule has 3 atom stereocenters. The number of rotatable bonds is 16. The van der Waals surface area contributed by atoms with Gasteiger partial charge in [0, 0.05) is 68.0 Å². The molecule has 15 heteroatoms. The van der Waals surface area contributed by atoms with Crippen molar-refractivity contribution >= 4 is 46.0 Å². The van der Waals surface area contributed by atoms with Gasteiger partial charge in [-0.15, -0.1) is 21.5 Å². The predicted molar refractivity (Wildman–Crippen MR) is 234 cm³/mol. The van der Waals surface area contributed by atoms with Crippen molar-refractivity contribution in [1.29, 1.82) is 0 Å². The molecule has 4 amide bonds. The number of hydrogen-bond donors (Lipinski definition) is 5. The zero-order chi connectivity index (χ0) is 43.3. The number of thiazole rings is 1. The molecule has 2 saturated heterocycles. The number of aliphatic hydroxyl groups excluding tert-OH is 1. The maximum atomic E-state index is 14.0. The third kappa shape index (κ3) is 10.4. The zero-order valence-corrected chi connectivity index (χ0v) is 36.1. The minimum absolute atomic E-state index is 0.0203. The molecule has 2 aliphatic rings. The number of β-amino-alcohol motifs (C(OH)–C–C–N with tert-alkyl or cyclic N) is 1.